The lowest BCUT2D eigenvalue weighted by Crippen LogP contribution is -2.12. The van der Waals surface area contributed by atoms with Gasteiger partial charge in [-0.05, 0) is 29.8 Å². The molecule has 0 saturated carbocycles. The molecule has 1 atom stereocenters. The molecule has 3 aromatic rings. The van der Waals surface area contributed by atoms with Gasteiger partial charge < -0.3 is 14.2 Å². The monoisotopic (exact) mass is 363 g/mol. The number of nitrogens with one attached hydrogen (secondary N) is 1. The molecule has 4 rings (SSSR count). The van der Waals surface area contributed by atoms with Crippen LogP contribution in [-0.4, -0.2) is 17.1 Å². The average molecular weight is 363 g/mol. The lowest BCUT2D eigenvalue weighted by molar-refractivity contribution is 0.0272. The Balaban J connectivity index is 1.40. The highest BCUT2D eigenvalue weighted by Gasteiger charge is 2.20. The molecule has 0 spiro atoms. The highest BCUT2D eigenvalue weighted by atomic mass is 16.7. The first kappa shape index (κ1) is 16.9. The van der Waals surface area contributed by atoms with Crippen LogP contribution >= 0.6 is 0 Å². The summed E-state index contributed by atoms with van der Waals surface area (Å²) in [6.07, 6.45) is 4.61. The summed E-state index contributed by atoms with van der Waals surface area (Å²) in [5.74, 6) is 2.50. The molecule has 7 heteroatoms. The number of nitrogens with zero attached hydrogens (tertiary/aromatic N) is 2. The van der Waals surface area contributed by atoms with E-state index in [1.807, 2.05) is 60.7 Å². The minimum absolute atomic E-state index is 0.273. The minimum Gasteiger partial charge on any atom is -0.467 e. The van der Waals surface area contributed by atoms with Gasteiger partial charge in [0.2, 0.25) is 5.88 Å². The number of para-hydroxylation sites is 1. The Bertz CT molecular complexity index is 912. The SMILES string of the molecule is COc1ncc(OC2=CC(c3ccc(Oc4ccccc4)cc3)ON2)cn1. The van der Waals surface area contributed by atoms with E-state index >= 15 is 0 Å². The second kappa shape index (κ2) is 7.76. The van der Waals surface area contributed by atoms with Gasteiger partial charge in [0.15, 0.2) is 5.75 Å². The summed E-state index contributed by atoms with van der Waals surface area (Å²) in [6, 6.07) is 17.6. The molecule has 0 saturated heterocycles. The fourth-order valence-electron chi connectivity index (χ4n) is 2.49. The molecule has 27 heavy (non-hydrogen) atoms. The van der Waals surface area contributed by atoms with Crippen molar-refractivity contribution in [2.45, 2.75) is 6.10 Å². The zero-order valence-corrected chi connectivity index (χ0v) is 14.5. The molecular formula is C20H17N3O4. The molecule has 1 N–H and O–H groups in total. The zero-order chi connectivity index (χ0) is 18.5. The Morgan fingerprint density at radius 2 is 1.56 bits per heavy atom. The van der Waals surface area contributed by atoms with Crippen LogP contribution in [-0.2, 0) is 4.84 Å². The fourth-order valence-corrected chi connectivity index (χ4v) is 2.49. The molecule has 0 aliphatic carbocycles. The van der Waals surface area contributed by atoms with Crippen molar-refractivity contribution in [2.75, 3.05) is 7.11 Å². The highest BCUT2D eigenvalue weighted by molar-refractivity contribution is 5.35. The molecule has 136 valence electrons. The molecule has 0 amide bonds. The van der Waals surface area contributed by atoms with E-state index in [4.69, 9.17) is 19.0 Å². The third kappa shape index (κ3) is 4.16. The van der Waals surface area contributed by atoms with Gasteiger partial charge in [0.25, 0.3) is 0 Å². The van der Waals surface area contributed by atoms with Crippen molar-refractivity contribution in [3.8, 4) is 23.3 Å². The number of ether oxygens (including phenoxy) is 3. The molecule has 7 nitrogen and oxygen atoms in total. The van der Waals surface area contributed by atoms with Crippen LogP contribution < -0.4 is 19.7 Å². The van der Waals surface area contributed by atoms with Gasteiger partial charge in [-0.15, -0.1) is 0 Å². The first-order valence-corrected chi connectivity index (χ1v) is 8.30. The fraction of sp³-hybridized carbons (Fsp3) is 0.100. The summed E-state index contributed by atoms with van der Waals surface area (Å²) in [5, 5.41) is 0. The molecule has 1 unspecified atom stereocenters. The summed E-state index contributed by atoms with van der Waals surface area (Å²) in [6.45, 7) is 0. The molecule has 0 bridgehead atoms. The summed E-state index contributed by atoms with van der Waals surface area (Å²) < 4.78 is 16.4. The third-order valence-electron chi connectivity index (χ3n) is 3.79. The number of hydrogen-bond acceptors (Lipinski definition) is 7. The summed E-state index contributed by atoms with van der Waals surface area (Å²) in [5.41, 5.74) is 3.72. The maximum Gasteiger partial charge on any atom is 0.316 e. The van der Waals surface area contributed by atoms with Crippen LogP contribution in [0.2, 0.25) is 0 Å². The smallest absolute Gasteiger partial charge is 0.316 e. The predicted molar refractivity (Wildman–Crippen MR) is 97.2 cm³/mol. The topological polar surface area (TPSA) is 74.7 Å². The highest BCUT2D eigenvalue weighted by Crippen LogP contribution is 2.28. The van der Waals surface area contributed by atoms with E-state index in [-0.39, 0.29) is 12.1 Å². The van der Waals surface area contributed by atoms with E-state index in [1.54, 1.807) is 0 Å². The van der Waals surface area contributed by atoms with Crippen molar-refractivity contribution in [3.05, 3.63) is 84.5 Å². The quantitative estimate of drug-likeness (QED) is 0.714. The number of rotatable bonds is 6. The Morgan fingerprint density at radius 1 is 0.852 bits per heavy atom. The van der Waals surface area contributed by atoms with Crippen LogP contribution in [0, 0.1) is 0 Å². The molecule has 0 fully saturated rings. The van der Waals surface area contributed by atoms with E-state index in [0.717, 1.165) is 17.1 Å². The van der Waals surface area contributed by atoms with E-state index in [2.05, 4.69) is 15.4 Å². The molecular weight excluding hydrogens is 346 g/mol. The second-order valence-corrected chi connectivity index (χ2v) is 5.66. The Kier molecular flexibility index (Phi) is 4.84. The van der Waals surface area contributed by atoms with Crippen LogP contribution in [0.5, 0.6) is 23.3 Å². The molecule has 2 aromatic carbocycles. The van der Waals surface area contributed by atoms with Gasteiger partial charge in [-0.2, -0.15) is 9.97 Å². The largest absolute Gasteiger partial charge is 0.467 e. The van der Waals surface area contributed by atoms with Gasteiger partial charge in [0, 0.05) is 6.08 Å². The first-order valence-electron chi connectivity index (χ1n) is 8.30. The van der Waals surface area contributed by atoms with E-state index in [9.17, 15) is 0 Å². The second-order valence-electron chi connectivity index (χ2n) is 5.66. The first-order chi connectivity index (χ1) is 13.3. The van der Waals surface area contributed by atoms with Crippen molar-refractivity contribution in [3.63, 3.8) is 0 Å². The zero-order valence-electron chi connectivity index (χ0n) is 14.5. The molecule has 1 aliphatic heterocycles. The van der Waals surface area contributed by atoms with Gasteiger partial charge >= 0.3 is 6.01 Å². The number of benzene rings is 2. The maximum atomic E-state index is 5.79. The van der Waals surface area contributed by atoms with Crippen molar-refractivity contribution in [2.24, 2.45) is 0 Å². The summed E-state index contributed by atoms with van der Waals surface area (Å²) >= 11 is 0. The van der Waals surface area contributed by atoms with Crippen LogP contribution in [0.15, 0.2) is 79.0 Å². The van der Waals surface area contributed by atoms with Crippen molar-refractivity contribution < 1.29 is 19.0 Å². The van der Waals surface area contributed by atoms with Gasteiger partial charge in [-0.25, -0.2) is 5.48 Å². The van der Waals surface area contributed by atoms with Crippen LogP contribution in [0.25, 0.3) is 0 Å². The van der Waals surface area contributed by atoms with E-state index in [0.29, 0.717) is 11.6 Å². The lowest BCUT2D eigenvalue weighted by atomic mass is 10.1. The van der Waals surface area contributed by atoms with Crippen molar-refractivity contribution in [1.29, 1.82) is 0 Å². The molecule has 1 aliphatic rings. The van der Waals surface area contributed by atoms with Crippen molar-refractivity contribution >= 4 is 0 Å². The van der Waals surface area contributed by atoms with Crippen LogP contribution in [0.4, 0.5) is 0 Å². The van der Waals surface area contributed by atoms with Crippen LogP contribution in [0.1, 0.15) is 11.7 Å². The van der Waals surface area contributed by atoms with Crippen LogP contribution in [0.3, 0.4) is 0 Å². The molecule has 2 heterocycles. The van der Waals surface area contributed by atoms with E-state index in [1.165, 1.54) is 19.5 Å². The Morgan fingerprint density at radius 3 is 2.26 bits per heavy atom. The number of hydrogen-bond donors (Lipinski definition) is 1. The standard InChI is InChI=1S/C20H17N3O4/c1-24-20-21-12-17(13-22-20)26-19-11-18(27-23-19)14-7-9-16(10-8-14)25-15-5-3-2-4-6-15/h2-13,18,23H,1H3. The Labute approximate surface area is 156 Å². The van der Waals surface area contributed by atoms with Gasteiger partial charge in [-0.3, -0.25) is 4.84 Å². The number of methoxy groups -OCH3 is 1. The number of aromatic nitrogens is 2. The molecule has 1 aromatic heterocycles. The molecule has 0 radical (unpaired) electrons. The Hall–Kier alpha value is -3.58. The summed E-state index contributed by atoms with van der Waals surface area (Å²) in [4.78, 5) is 13.5. The van der Waals surface area contributed by atoms with Gasteiger partial charge in [-0.1, -0.05) is 30.3 Å². The average Bonchev–Trinajstić information content (AvgIpc) is 3.18. The summed E-state index contributed by atoms with van der Waals surface area (Å²) in [7, 11) is 1.51. The lowest BCUT2D eigenvalue weighted by Gasteiger charge is -2.09. The predicted octanol–water partition coefficient (Wildman–Crippen LogP) is 3.77. The third-order valence-corrected chi connectivity index (χ3v) is 3.79. The number of hydroxylamine groups is 1. The van der Waals surface area contributed by atoms with E-state index < -0.39 is 0 Å². The van der Waals surface area contributed by atoms with Gasteiger partial charge in [0.05, 0.1) is 19.5 Å². The van der Waals surface area contributed by atoms with Crippen molar-refractivity contribution in [1.82, 2.24) is 15.4 Å². The van der Waals surface area contributed by atoms with Gasteiger partial charge in [0.1, 0.15) is 17.6 Å². The minimum atomic E-state index is -0.273. The normalized spacial score (nSPS) is 15.6. The maximum absolute atomic E-state index is 5.79.